The molecule has 3 atom stereocenters. The van der Waals surface area contributed by atoms with E-state index in [9.17, 15) is 18.4 Å². The van der Waals surface area contributed by atoms with Gasteiger partial charge in [0, 0.05) is 31.8 Å². The molecule has 2 aliphatic rings. The number of guanidine groups is 1. The molecule has 0 saturated carbocycles. The number of nitriles is 1. The van der Waals surface area contributed by atoms with Crippen molar-refractivity contribution >= 4 is 17.1 Å². The van der Waals surface area contributed by atoms with Gasteiger partial charge >= 0.3 is 5.76 Å². The third-order valence-corrected chi connectivity index (χ3v) is 5.88. The minimum absolute atomic E-state index is 0.0458. The summed E-state index contributed by atoms with van der Waals surface area (Å²) < 4.78 is 43.5. The average Bonchev–Trinajstić information content (AvgIpc) is 2.96. The highest BCUT2D eigenvalue weighted by molar-refractivity contribution is 7.91. The van der Waals surface area contributed by atoms with E-state index in [1.807, 2.05) is 0 Å². The Hall–Kier alpha value is -2.09. The highest BCUT2D eigenvalue weighted by Crippen LogP contribution is 2.44. The summed E-state index contributed by atoms with van der Waals surface area (Å²) in [4.78, 5) is 7.33. The molecule has 0 aromatic heterocycles. The fourth-order valence-electron chi connectivity index (χ4n) is 3.45. The molecule has 1 saturated heterocycles. The van der Waals surface area contributed by atoms with Crippen molar-refractivity contribution in [3.63, 3.8) is 0 Å². The number of fused-ring (bicyclic) bond motifs is 1. The number of likely N-dealkylation sites (N-methyl/N-ethyl adjacent to an activating group) is 1. The van der Waals surface area contributed by atoms with Crippen molar-refractivity contribution < 1.29 is 23.2 Å². The van der Waals surface area contributed by atoms with Crippen LogP contribution in [0, 0.1) is 11.5 Å². The standard InChI is InChI=1S/C17H20F2N4O3S/c1-17(2)14(24)13(23-7-6-22(3)16(23)21-9-20)11-8-10(27(25)15(18)19)4-5-12(11)26-17/h4-5,8,13-15,24H,6-7H2,1-3H3/t13-,14+,27?/m0/s1. The molecule has 7 nitrogen and oxygen atoms in total. The lowest BCUT2D eigenvalue weighted by Gasteiger charge is -2.45. The molecule has 0 aliphatic carbocycles. The van der Waals surface area contributed by atoms with Gasteiger partial charge in [0.05, 0.1) is 17.2 Å². The summed E-state index contributed by atoms with van der Waals surface area (Å²) in [5.74, 6) is -2.22. The topological polar surface area (TPSA) is 95.2 Å². The number of benzene rings is 1. The number of aliphatic imine (C=N–C) groups is 1. The normalized spacial score (nSPS) is 26.7. The molecule has 1 aromatic rings. The molecule has 0 bridgehead atoms. The van der Waals surface area contributed by atoms with E-state index in [4.69, 9.17) is 10.00 Å². The number of rotatable bonds is 3. The summed E-state index contributed by atoms with van der Waals surface area (Å²) in [6, 6.07) is 3.53. The second-order valence-corrected chi connectivity index (χ2v) is 8.40. The fraction of sp³-hybridized carbons (Fsp3) is 0.529. The third kappa shape index (κ3) is 3.42. The van der Waals surface area contributed by atoms with Gasteiger partial charge < -0.3 is 24.2 Å². The Morgan fingerprint density at radius 2 is 2.15 bits per heavy atom. The first-order chi connectivity index (χ1) is 12.7. The van der Waals surface area contributed by atoms with Crippen molar-refractivity contribution in [1.82, 2.24) is 9.80 Å². The lowest BCUT2D eigenvalue weighted by atomic mass is 9.85. The number of hydrogen-bond donors (Lipinski definition) is 1. The molecule has 10 heteroatoms. The van der Waals surface area contributed by atoms with Gasteiger partial charge in [-0.15, -0.1) is 4.99 Å². The van der Waals surface area contributed by atoms with Gasteiger partial charge in [-0.1, -0.05) is 0 Å². The summed E-state index contributed by atoms with van der Waals surface area (Å²) >= 11 is -2.48. The average molecular weight is 398 g/mol. The molecule has 0 spiro atoms. The van der Waals surface area contributed by atoms with E-state index in [2.05, 4.69) is 4.99 Å². The van der Waals surface area contributed by atoms with Crippen molar-refractivity contribution in [3.8, 4) is 11.9 Å². The highest BCUT2D eigenvalue weighted by Gasteiger charge is 2.48. The molecule has 3 rings (SSSR count). The van der Waals surface area contributed by atoms with Crippen molar-refractivity contribution in [2.75, 3.05) is 20.1 Å². The molecule has 1 fully saturated rings. The molecule has 1 aromatic carbocycles. The Balaban J connectivity index is 2.12. The lowest BCUT2D eigenvalue weighted by molar-refractivity contribution is -0.0802. The van der Waals surface area contributed by atoms with E-state index in [1.54, 1.807) is 36.9 Å². The zero-order valence-corrected chi connectivity index (χ0v) is 15.9. The van der Waals surface area contributed by atoms with Crippen LogP contribution in [0.2, 0.25) is 0 Å². The Labute approximate surface area is 159 Å². The van der Waals surface area contributed by atoms with Gasteiger partial charge in [-0.2, -0.15) is 14.0 Å². The van der Waals surface area contributed by atoms with Gasteiger partial charge in [0.2, 0.25) is 12.2 Å². The summed E-state index contributed by atoms with van der Waals surface area (Å²) in [5.41, 5.74) is -0.519. The number of aliphatic hydroxyl groups is 1. The van der Waals surface area contributed by atoms with Crippen LogP contribution < -0.4 is 4.74 Å². The molecular formula is C17H20F2N4O3S. The smallest absolute Gasteiger partial charge is 0.402 e. The minimum atomic E-state index is -3.01. The minimum Gasteiger partial charge on any atom is -0.607 e. The van der Waals surface area contributed by atoms with Crippen LogP contribution in [0.25, 0.3) is 0 Å². The Bertz CT molecular complexity index is 799. The lowest BCUT2D eigenvalue weighted by Crippen LogP contribution is -2.54. The van der Waals surface area contributed by atoms with Crippen molar-refractivity contribution in [2.24, 2.45) is 4.99 Å². The van der Waals surface area contributed by atoms with Crippen LogP contribution in [-0.4, -0.2) is 63.0 Å². The molecule has 2 heterocycles. The van der Waals surface area contributed by atoms with Crippen LogP contribution in [0.4, 0.5) is 8.78 Å². The maximum atomic E-state index is 12.9. The van der Waals surface area contributed by atoms with Gasteiger partial charge in [0.25, 0.3) is 0 Å². The quantitative estimate of drug-likeness (QED) is 0.615. The zero-order chi connectivity index (χ0) is 19.9. The molecule has 1 N–H and O–H groups in total. The Morgan fingerprint density at radius 3 is 2.78 bits per heavy atom. The molecule has 1 unspecified atom stereocenters. The van der Waals surface area contributed by atoms with Gasteiger partial charge in [0.1, 0.15) is 17.5 Å². The van der Waals surface area contributed by atoms with Gasteiger partial charge in [0.15, 0.2) is 4.90 Å². The van der Waals surface area contributed by atoms with Crippen LogP contribution in [0.15, 0.2) is 28.1 Å². The SMILES string of the molecule is CN1CCN([C@H]2c3cc([S+]([O-])C(F)F)ccc3OC(C)(C)[C@@H]2O)C1=NC#N. The van der Waals surface area contributed by atoms with E-state index in [1.165, 1.54) is 18.2 Å². The number of nitrogens with zero attached hydrogens (tertiary/aromatic N) is 4. The predicted molar refractivity (Wildman–Crippen MR) is 94.7 cm³/mol. The zero-order valence-electron chi connectivity index (χ0n) is 15.1. The maximum absolute atomic E-state index is 12.9. The molecule has 0 amide bonds. The van der Waals surface area contributed by atoms with Crippen LogP contribution in [0.3, 0.4) is 0 Å². The number of alkyl halides is 2. The van der Waals surface area contributed by atoms with Crippen LogP contribution >= 0.6 is 0 Å². The van der Waals surface area contributed by atoms with Crippen molar-refractivity contribution in [3.05, 3.63) is 23.8 Å². The van der Waals surface area contributed by atoms with Crippen LogP contribution in [0.5, 0.6) is 5.75 Å². The first kappa shape index (κ1) is 19.7. The second-order valence-electron chi connectivity index (χ2n) is 6.98. The first-order valence-corrected chi connectivity index (χ1v) is 9.53. The molecule has 0 radical (unpaired) electrons. The van der Waals surface area contributed by atoms with Crippen molar-refractivity contribution in [2.45, 2.75) is 42.2 Å². The first-order valence-electron chi connectivity index (χ1n) is 8.31. The monoisotopic (exact) mass is 398 g/mol. The molecular weight excluding hydrogens is 378 g/mol. The summed E-state index contributed by atoms with van der Waals surface area (Å²) in [6.45, 7) is 4.51. The Kier molecular flexibility index (Phi) is 5.20. The van der Waals surface area contributed by atoms with E-state index in [0.29, 0.717) is 30.4 Å². The number of ether oxygens (including phenoxy) is 1. The number of halogens is 2. The summed E-state index contributed by atoms with van der Waals surface area (Å²) in [5, 5.41) is 20.0. The largest absolute Gasteiger partial charge is 0.607 e. The fourth-order valence-corrected chi connectivity index (χ4v) is 4.10. The maximum Gasteiger partial charge on any atom is 0.402 e. The summed E-state index contributed by atoms with van der Waals surface area (Å²) in [7, 11) is 1.77. The number of aliphatic hydroxyl groups excluding tert-OH is 1. The van der Waals surface area contributed by atoms with E-state index >= 15 is 0 Å². The summed E-state index contributed by atoms with van der Waals surface area (Å²) in [6.07, 6.45) is 0.725. The van der Waals surface area contributed by atoms with Gasteiger partial charge in [-0.3, -0.25) is 0 Å². The predicted octanol–water partition coefficient (Wildman–Crippen LogP) is 1.67. The van der Waals surface area contributed by atoms with Crippen molar-refractivity contribution in [1.29, 1.82) is 5.26 Å². The highest BCUT2D eigenvalue weighted by atomic mass is 32.2. The van der Waals surface area contributed by atoms with Gasteiger partial charge in [-0.25, -0.2) is 0 Å². The number of hydrogen-bond acceptors (Lipinski definition) is 5. The van der Waals surface area contributed by atoms with Crippen LogP contribution in [0.1, 0.15) is 25.5 Å². The van der Waals surface area contributed by atoms with Crippen LogP contribution in [-0.2, 0) is 11.2 Å². The van der Waals surface area contributed by atoms with Gasteiger partial charge in [-0.05, 0) is 26.0 Å². The van der Waals surface area contributed by atoms with E-state index in [-0.39, 0.29) is 4.90 Å². The molecule has 146 valence electrons. The van der Waals surface area contributed by atoms with E-state index < -0.39 is 34.7 Å². The third-order valence-electron chi connectivity index (χ3n) is 4.84. The Morgan fingerprint density at radius 1 is 1.44 bits per heavy atom. The molecule has 2 aliphatic heterocycles. The second kappa shape index (κ2) is 7.14. The van der Waals surface area contributed by atoms with E-state index in [0.717, 1.165) is 0 Å². The molecule has 27 heavy (non-hydrogen) atoms.